The fourth-order valence-corrected chi connectivity index (χ4v) is 3.23. The summed E-state index contributed by atoms with van der Waals surface area (Å²) >= 11 is 5.91. The van der Waals surface area contributed by atoms with Crippen molar-refractivity contribution in [1.29, 1.82) is 0 Å². The molecule has 4 nitrogen and oxygen atoms in total. The van der Waals surface area contributed by atoms with Crippen molar-refractivity contribution < 1.29 is 23.1 Å². The Hall–Kier alpha value is -1.73. The molecule has 23 heavy (non-hydrogen) atoms. The Balaban J connectivity index is 2.06. The van der Waals surface area contributed by atoms with Crippen LogP contribution in [0.25, 0.3) is 0 Å². The van der Waals surface area contributed by atoms with E-state index in [4.69, 9.17) is 11.6 Å². The Morgan fingerprint density at radius 2 is 1.91 bits per heavy atom. The van der Waals surface area contributed by atoms with E-state index in [0.29, 0.717) is 19.3 Å². The van der Waals surface area contributed by atoms with Gasteiger partial charge in [0.05, 0.1) is 10.6 Å². The van der Waals surface area contributed by atoms with E-state index in [1.807, 2.05) is 0 Å². The summed E-state index contributed by atoms with van der Waals surface area (Å²) in [6.07, 6.45) is -3.34. The molecule has 0 saturated heterocycles. The number of halogens is 4. The van der Waals surface area contributed by atoms with Gasteiger partial charge in [-0.1, -0.05) is 23.7 Å². The summed E-state index contributed by atoms with van der Waals surface area (Å²) in [7, 11) is 0. The summed E-state index contributed by atoms with van der Waals surface area (Å²) in [4.78, 5) is 12.6. The van der Waals surface area contributed by atoms with E-state index in [0.717, 1.165) is 0 Å². The van der Waals surface area contributed by atoms with Gasteiger partial charge in [0.25, 0.3) is 11.6 Å². The van der Waals surface area contributed by atoms with Crippen LogP contribution < -0.4 is 5.43 Å². The Morgan fingerprint density at radius 3 is 2.57 bits per heavy atom. The van der Waals surface area contributed by atoms with Crippen LogP contribution in [0.15, 0.2) is 35.5 Å². The maximum atomic E-state index is 13.6. The first-order chi connectivity index (χ1) is 10.8. The fraction of sp³-hybridized carbons (Fsp3) is 0.400. The van der Waals surface area contributed by atoms with Gasteiger partial charge in [0, 0.05) is 11.3 Å². The topological polar surface area (TPSA) is 52.6 Å². The number of nitrogens with zero attached hydrogens (tertiary/aromatic N) is 1. The van der Waals surface area contributed by atoms with Crippen LogP contribution in [0.1, 0.15) is 36.0 Å². The summed E-state index contributed by atoms with van der Waals surface area (Å²) in [5, 5.41) is 10.7. The van der Waals surface area contributed by atoms with Crippen molar-refractivity contribution in [2.75, 3.05) is 0 Å². The molecular formula is C15H14ClF3N2O2. The number of benzene rings is 1. The maximum Gasteiger partial charge on any atom is 0.442 e. The summed E-state index contributed by atoms with van der Waals surface area (Å²) in [5.74, 6) is -1.02. The van der Waals surface area contributed by atoms with Gasteiger partial charge in [0.2, 0.25) is 0 Å². The fourth-order valence-electron chi connectivity index (χ4n) is 3.01. The Bertz CT molecular complexity index is 690. The predicted octanol–water partition coefficient (Wildman–Crippen LogP) is 3.38. The number of alkyl halides is 3. The van der Waals surface area contributed by atoms with E-state index in [2.05, 4.69) is 5.43 Å². The molecule has 3 rings (SSSR count). The zero-order valence-corrected chi connectivity index (χ0v) is 12.7. The molecule has 0 spiro atoms. The highest BCUT2D eigenvalue weighted by Crippen LogP contribution is 2.47. The highest BCUT2D eigenvalue weighted by Gasteiger charge is 2.66. The quantitative estimate of drug-likeness (QED) is 0.819. The maximum absolute atomic E-state index is 13.6. The summed E-state index contributed by atoms with van der Waals surface area (Å²) in [5.41, 5.74) is -0.928. The smallest absolute Gasteiger partial charge is 0.359 e. The van der Waals surface area contributed by atoms with Gasteiger partial charge in [-0.15, -0.1) is 0 Å². The van der Waals surface area contributed by atoms with Gasteiger partial charge in [0.1, 0.15) is 0 Å². The number of hydrogen-bond acceptors (Lipinski definition) is 3. The van der Waals surface area contributed by atoms with Crippen LogP contribution in [-0.4, -0.2) is 27.9 Å². The summed E-state index contributed by atoms with van der Waals surface area (Å²) in [6.45, 7) is 0. The van der Waals surface area contributed by atoms with E-state index in [-0.39, 0.29) is 33.3 Å². The monoisotopic (exact) mass is 346 g/mol. The van der Waals surface area contributed by atoms with Crippen molar-refractivity contribution in [2.24, 2.45) is 0 Å². The number of carbonyl (C=O) groups is 1. The highest BCUT2D eigenvalue weighted by molar-refractivity contribution is 6.33. The normalized spacial score (nSPS) is 24.5. The Kier molecular flexibility index (Phi) is 3.80. The average Bonchev–Trinajstić information content (AvgIpc) is 2.82. The highest BCUT2D eigenvalue weighted by atomic mass is 35.5. The molecule has 1 unspecified atom stereocenters. The second kappa shape index (κ2) is 5.42. The van der Waals surface area contributed by atoms with Crippen molar-refractivity contribution in [3.63, 3.8) is 0 Å². The van der Waals surface area contributed by atoms with E-state index >= 15 is 0 Å². The number of carbonyl (C=O) groups excluding carboxylic acids is 1. The SMILES string of the molecule is O=C(c1ccccc1Cl)N1NC2=C(CCCC2)C1(O)C(F)(F)F. The number of hydrogen-bond donors (Lipinski definition) is 2. The van der Waals surface area contributed by atoms with Gasteiger partial charge in [-0.2, -0.15) is 13.2 Å². The second-order valence-corrected chi connectivity index (χ2v) is 5.97. The molecule has 1 aliphatic carbocycles. The van der Waals surface area contributed by atoms with Crippen molar-refractivity contribution in [1.82, 2.24) is 10.4 Å². The molecule has 124 valence electrons. The molecule has 2 aliphatic rings. The third-order valence-electron chi connectivity index (χ3n) is 4.16. The molecule has 0 radical (unpaired) electrons. The first kappa shape index (κ1) is 16.1. The first-order valence-electron chi connectivity index (χ1n) is 7.14. The number of rotatable bonds is 1. The van der Waals surface area contributed by atoms with Crippen molar-refractivity contribution >= 4 is 17.5 Å². The number of hydrazine groups is 1. The Morgan fingerprint density at radius 1 is 1.26 bits per heavy atom. The largest absolute Gasteiger partial charge is 0.442 e. The zero-order chi connectivity index (χ0) is 16.8. The second-order valence-electron chi connectivity index (χ2n) is 5.57. The van der Waals surface area contributed by atoms with Crippen molar-refractivity contribution in [2.45, 2.75) is 37.6 Å². The van der Waals surface area contributed by atoms with Crippen LogP contribution in [0, 0.1) is 0 Å². The molecule has 0 bridgehead atoms. The minimum absolute atomic E-state index is 0.0219. The van der Waals surface area contributed by atoms with Crippen LogP contribution in [0.4, 0.5) is 13.2 Å². The van der Waals surface area contributed by atoms with E-state index in [1.54, 1.807) is 6.07 Å². The number of aliphatic hydroxyl groups is 1. The molecule has 0 aromatic heterocycles. The lowest BCUT2D eigenvalue weighted by Gasteiger charge is -2.36. The van der Waals surface area contributed by atoms with Gasteiger partial charge in [-0.05, 0) is 37.8 Å². The van der Waals surface area contributed by atoms with Crippen LogP contribution in [-0.2, 0) is 0 Å². The van der Waals surface area contributed by atoms with Crippen LogP contribution in [0.2, 0.25) is 5.02 Å². The lowest BCUT2D eigenvalue weighted by Crippen LogP contribution is -2.62. The van der Waals surface area contributed by atoms with Crippen molar-refractivity contribution in [3.05, 3.63) is 46.1 Å². The third kappa shape index (κ3) is 2.38. The van der Waals surface area contributed by atoms with E-state index in [1.165, 1.54) is 18.2 Å². The first-order valence-corrected chi connectivity index (χ1v) is 7.52. The molecular weight excluding hydrogens is 333 g/mol. The molecule has 0 saturated carbocycles. The molecule has 1 heterocycles. The van der Waals surface area contributed by atoms with Crippen LogP contribution in [0.5, 0.6) is 0 Å². The van der Waals surface area contributed by atoms with Gasteiger partial charge in [-0.3, -0.25) is 10.2 Å². The molecule has 0 fully saturated rings. The molecule has 1 aromatic carbocycles. The van der Waals surface area contributed by atoms with E-state index in [9.17, 15) is 23.1 Å². The van der Waals surface area contributed by atoms with Gasteiger partial charge >= 0.3 is 6.18 Å². The number of nitrogens with one attached hydrogen (secondary N) is 1. The molecule has 2 N–H and O–H groups in total. The summed E-state index contributed by atoms with van der Waals surface area (Å²) < 4.78 is 40.8. The standard InChI is InChI=1S/C15H14ClF3N2O2/c16-11-7-3-1-5-9(11)13(22)21-14(23,15(17,18)19)10-6-2-4-8-12(10)20-21/h1,3,5,7,20,23H,2,4,6,8H2. The molecule has 8 heteroatoms. The van der Waals surface area contributed by atoms with Crippen LogP contribution >= 0.6 is 11.6 Å². The minimum Gasteiger partial charge on any atom is -0.359 e. The summed E-state index contributed by atoms with van der Waals surface area (Å²) in [6, 6.07) is 5.79. The molecule has 1 amide bonds. The average molecular weight is 347 g/mol. The number of allylic oxidation sites excluding steroid dienone is 1. The minimum atomic E-state index is -5.02. The van der Waals surface area contributed by atoms with Gasteiger partial charge in [-0.25, -0.2) is 5.01 Å². The lowest BCUT2D eigenvalue weighted by molar-refractivity contribution is -0.288. The molecule has 1 atom stereocenters. The van der Waals surface area contributed by atoms with Crippen LogP contribution in [0.3, 0.4) is 0 Å². The molecule has 1 aliphatic heterocycles. The number of amides is 1. The van der Waals surface area contributed by atoms with Gasteiger partial charge in [0.15, 0.2) is 0 Å². The zero-order valence-electron chi connectivity index (χ0n) is 12.0. The molecule has 1 aromatic rings. The predicted molar refractivity (Wildman–Crippen MR) is 77.3 cm³/mol. The third-order valence-corrected chi connectivity index (χ3v) is 4.49. The lowest BCUT2D eigenvalue weighted by atomic mass is 9.89. The Labute approximate surface area is 135 Å². The van der Waals surface area contributed by atoms with E-state index < -0.39 is 17.8 Å². The van der Waals surface area contributed by atoms with Crippen molar-refractivity contribution in [3.8, 4) is 0 Å². The van der Waals surface area contributed by atoms with Gasteiger partial charge < -0.3 is 5.11 Å².